The molecule has 1 atom stereocenters. The summed E-state index contributed by atoms with van der Waals surface area (Å²) in [4.78, 5) is 11.9. The van der Waals surface area contributed by atoms with Crippen LogP contribution in [-0.2, 0) is 11.0 Å². The second kappa shape index (κ2) is 5.21. The fourth-order valence-corrected chi connectivity index (χ4v) is 1.36. The fourth-order valence-electron chi connectivity index (χ4n) is 1.36. The van der Waals surface area contributed by atoms with Gasteiger partial charge in [0.2, 0.25) is 5.91 Å². The molecule has 0 aliphatic rings. The molecular formula is C13H17F3N2O. The molecule has 0 aromatic heterocycles. The molecule has 3 N–H and O–H groups in total. The Morgan fingerprint density at radius 1 is 1.37 bits per heavy atom. The van der Waals surface area contributed by atoms with Crippen molar-refractivity contribution in [1.82, 2.24) is 0 Å². The second-order valence-electron chi connectivity index (χ2n) is 4.75. The maximum absolute atomic E-state index is 12.6. The van der Waals surface area contributed by atoms with Crippen molar-refractivity contribution in [3.05, 3.63) is 29.3 Å². The topological polar surface area (TPSA) is 55.1 Å². The molecule has 0 radical (unpaired) electrons. The number of anilines is 1. The van der Waals surface area contributed by atoms with Crippen molar-refractivity contribution in [1.29, 1.82) is 0 Å². The van der Waals surface area contributed by atoms with E-state index in [-0.39, 0.29) is 5.69 Å². The minimum atomic E-state index is -4.44. The highest BCUT2D eigenvalue weighted by molar-refractivity contribution is 5.98. The van der Waals surface area contributed by atoms with Crippen molar-refractivity contribution in [2.75, 3.05) is 5.32 Å². The maximum atomic E-state index is 12.6. The molecule has 1 aromatic rings. The van der Waals surface area contributed by atoms with Crippen LogP contribution in [0.3, 0.4) is 0 Å². The van der Waals surface area contributed by atoms with Crippen LogP contribution in [0.2, 0.25) is 0 Å². The number of amides is 1. The molecule has 19 heavy (non-hydrogen) atoms. The van der Waals surface area contributed by atoms with Gasteiger partial charge < -0.3 is 11.1 Å². The van der Waals surface area contributed by atoms with Crippen molar-refractivity contribution in [2.45, 2.75) is 38.9 Å². The Morgan fingerprint density at radius 2 is 1.95 bits per heavy atom. The number of carbonyl (C=O) groups is 1. The van der Waals surface area contributed by atoms with Crippen LogP contribution in [0.25, 0.3) is 0 Å². The SMILES string of the molecule is CCC(C)(N)C(=O)Nc1cc(C(F)(F)F)ccc1C. The molecule has 6 heteroatoms. The number of nitrogens with two attached hydrogens (primary N) is 1. The van der Waals surface area contributed by atoms with Crippen LogP contribution in [0.1, 0.15) is 31.4 Å². The lowest BCUT2D eigenvalue weighted by Gasteiger charge is -2.22. The van der Waals surface area contributed by atoms with E-state index in [1.54, 1.807) is 13.8 Å². The Kier molecular flexibility index (Phi) is 4.25. The molecule has 0 aliphatic carbocycles. The van der Waals surface area contributed by atoms with Gasteiger partial charge in [-0.3, -0.25) is 4.79 Å². The zero-order valence-corrected chi connectivity index (χ0v) is 11.1. The van der Waals surface area contributed by atoms with Crippen LogP contribution in [-0.4, -0.2) is 11.4 Å². The van der Waals surface area contributed by atoms with Crippen LogP contribution in [0.15, 0.2) is 18.2 Å². The van der Waals surface area contributed by atoms with Crippen LogP contribution >= 0.6 is 0 Å². The Bertz CT molecular complexity index is 481. The normalized spacial score (nSPS) is 14.9. The predicted octanol–water partition coefficient (Wildman–Crippen LogP) is 3.08. The van der Waals surface area contributed by atoms with Gasteiger partial charge in [-0.15, -0.1) is 0 Å². The van der Waals surface area contributed by atoms with E-state index >= 15 is 0 Å². The minimum absolute atomic E-state index is 0.130. The molecule has 1 rings (SSSR count). The molecule has 0 heterocycles. The first-order valence-corrected chi connectivity index (χ1v) is 5.86. The van der Waals surface area contributed by atoms with Crippen molar-refractivity contribution >= 4 is 11.6 Å². The lowest BCUT2D eigenvalue weighted by molar-refractivity contribution is -0.137. The summed E-state index contributed by atoms with van der Waals surface area (Å²) in [6, 6.07) is 3.21. The Morgan fingerprint density at radius 3 is 2.42 bits per heavy atom. The summed E-state index contributed by atoms with van der Waals surface area (Å²) >= 11 is 0. The first kappa shape index (κ1) is 15.5. The predicted molar refractivity (Wildman–Crippen MR) is 67.7 cm³/mol. The first-order valence-electron chi connectivity index (χ1n) is 5.86. The highest BCUT2D eigenvalue weighted by Crippen LogP contribution is 2.32. The summed E-state index contributed by atoms with van der Waals surface area (Å²) in [6.45, 7) is 4.89. The number of aryl methyl sites for hydroxylation is 1. The van der Waals surface area contributed by atoms with Crippen LogP contribution < -0.4 is 11.1 Å². The molecule has 0 saturated carbocycles. The van der Waals surface area contributed by atoms with E-state index in [1.807, 2.05) is 0 Å². The Labute approximate surface area is 110 Å². The van der Waals surface area contributed by atoms with Gasteiger partial charge in [0.1, 0.15) is 0 Å². The highest BCUT2D eigenvalue weighted by Gasteiger charge is 2.32. The third-order valence-corrected chi connectivity index (χ3v) is 3.07. The average Bonchev–Trinajstić information content (AvgIpc) is 2.30. The monoisotopic (exact) mass is 274 g/mol. The number of halogens is 3. The van der Waals surface area contributed by atoms with Crippen molar-refractivity contribution < 1.29 is 18.0 Å². The number of rotatable bonds is 3. The summed E-state index contributed by atoms with van der Waals surface area (Å²) in [5, 5.41) is 2.45. The van der Waals surface area contributed by atoms with Gasteiger partial charge in [0.15, 0.2) is 0 Å². The molecule has 1 amide bonds. The van der Waals surface area contributed by atoms with E-state index < -0.39 is 23.2 Å². The van der Waals surface area contributed by atoms with Crippen molar-refractivity contribution in [2.24, 2.45) is 5.73 Å². The van der Waals surface area contributed by atoms with Gasteiger partial charge in [-0.05, 0) is 38.0 Å². The number of hydrogen-bond donors (Lipinski definition) is 2. The fraction of sp³-hybridized carbons (Fsp3) is 0.462. The molecular weight excluding hydrogens is 257 g/mol. The molecule has 1 unspecified atom stereocenters. The number of hydrogen-bond acceptors (Lipinski definition) is 2. The molecule has 106 valence electrons. The van der Waals surface area contributed by atoms with Crippen LogP contribution in [0, 0.1) is 6.92 Å². The van der Waals surface area contributed by atoms with Gasteiger partial charge >= 0.3 is 6.18 Å². The minimum Gasteiger partial charge on any atom is -0.324 e. The smallest absolute Gasteiger partial charge is 0.324 e. The van der Waals surface area contributed by atoms with Gasteiger partial charge in [0.25, 0.3) is 0 Å². The van der Waals surface area contributed by atoms with Crippen molar-refractivity contribution in [3.63, 3.8) is 0 Å². The second-order valence-corrected chi connectivity index (χ2v) is 4.75. The maximum Gasteiger partial charge on any atom is 0.416 e. The van der Waals surface area contributed by atoms with E-state index in [9.17, 15) is 18.0 Å². The van der Waals surface area contributed by atoms with Gasteiger partial charge in [-0.2, -0.15) is 13.2 Å². The molecule has 0 aliphatic heterocycles. The molecule has 0 bridgehead atoms. The highest BCUT2D eigenvalue weighted by atomic mass is 19.4. The van der Waals surface area contributed by atoms with E-state index in [0.717, 1.165) is 12.1 Å². The lowest BCUT2D eigenvalue weighted by atomic mass is 9.99. The van der Waals surface area contributed by atoms with E-state index in [1.165, 1.54) is 13.0 Å². The number of nitrogens with one attached hydrogen (secondary N) is 1. The van der Waals surface area contributed by atoms with E-state index in [4.69, 9.17) is 5.73 Å². The molecule has 0 saturated heterocycles. The summed E-state index contributed by atoms with van der Waals surface area (Å²) < 4.78 is 37.8. The van der Waals surface area contributed by atoms with Crippen LogP contribution in [0.5, 0.6) is 0 Å². The molecule has 1 aromatic carbocycles. The van der Waals surface area contributed by atoms with Gasteiger partial charge in [0.05, 0.1) is 11.1 Å². The van der Waals surface area contributed by atoms with Crippen LogP contribution in [0.4, 0.5) is 18.9 Å². The first-order chi connectivity index (χ1) is 8.58. The third kappa shape index (κ3) is 3.70. The third-order valence-electron chi connectivity index (χ3n) is 3.07. The Hall–Kier alpha value is -1.56. The lowest BCUT2D eigenvalue weighted by Crippen LogP contribution is -2.47. The largest absolute Gasteiger partial charge is 0.416 e. The Balaban J connectivity index is 3.05. The summed E-state index contributed by atoms with van der Waals surface area (Å²) in [5.74, 6) is -0.502. The summed E-state index contributed by atoms with van der Waals surface area (Å²) in [7, 11) is 0. The zero-order chi connectivity index (χ0) is 14.8. The van der Waals surface area contributed by atoms with E-state index in [0.29, 0.717) is 12.0 Å². The van der Waals surface area contributed by atoms with Gasteiger partial charge in [-0.25, -0.2) is 0 Å². The molecule has 3 nitrogen and oxygen atoms in total. The summed E-state index contributed by atoms with van der Waals surface area (Å²) in [5.41, 5.74) is 4.51. The van der Waals surface area contributed by atoms with Gasteiger partial charge in [0, 0.05) is 5.69 Å². The van der Waals surface area contributed by atoms with E-state index in [2.05, 4.69) is 5.32 Å². The number of alkyl halides is 3. The van der Waals surface area contributed by atoms with Gasteiger partial charge in [-0.1, -0.05) is 13.0 Å². The standard InChI is InChI=1S/C13H17F3N2O/c1-4-12(3,17)11(19)18-10-7-9(13(14,15)16)6-5-8(10)2/h5-7H,4,17H2,1-3H3,(H,18,19). The number of benzene rings is 1. The van der Waals surface area contributed by atoms with Crippen molar-refractivity contribution in [3.8, 4) is 0 Å². The zero-order valence-electron chi connectivity index (χ0n) is 11.1. The molecule has 0 spiro atoms. The number of carbonyl (C=O) groups excluding carboxylic acids is 1. The average molecular weight is 274 g/mol. The molecule has 0 fully saturated rings. The quantitative estimate of drug-likeness (QED) is 0.890. The summed E-state index contributed by atoms with van der Waals surface area (Å²) in [6.07, 6.45) is -4.05.